The standard InChI is InChI=1S/C19H26N6O3/c1-20-17(26)16-13-25(23-22-16)14-19(28)8-11-24(12-9-19)18(27)21-10-7-15-5-3-2-4-6-15/h2-6,13,28H,7-12,14H2,1H3,(H,20,26)(H,21,27). The van der Waals surface area contributed by atoms with Crippen LogP contribution in [0.3, 0.4) is 0 Å². The number of nitrogens with one attached hydrogen (secondary N) is 2. The molecule has 0 bridgehead atoms. The first-order chi connectivity index (χ1) is 13.5. The van der Waals surface area contributed by atoms with Crippen molar-refractivity contribution in [3.05, 3.63) is 47.8 Å². The lowest BCUT2D eigenvalue weighted by Gasteiger charge is -2.37. The Kier molecular flexibility index (Phi) is 6.25. The van der Waals surface area contributed by atoms with E-state index in [9.17, 15) is 14.7 Å². The van der Waals surface area contributed by atoms with Crippen LogP contribution in [0.5, 0.6) is 0 Å². The molecule has 150 valence electrons. The molecule has 0 saturated carbocycles. The monoisotopic (exact) mass is 386 g/mol. The van der Waals surface area contributed by atoms with Crippen LogP contribution in [0, 0.1) is 0 Å². The van der Waals surface area contributed by atoms with Crippen LogP contribution in [0.15, 0.2) is 36.5 Å². The molecule has 28 heavy (non-hydrogen) atoms. The average Bonchev–Trinajstić information content (AvgIpc) is 3.16. The molecular weight excluding hydrogens is 360 g/mol. The molecule has 0 spiro atoms. The number of rotatable bonds is 6. The first-order valence-corrected chi connectivity index (χ1v) is 9.40. The van der Waals surface area contributed by atoms with Gasteiger partial charge in [0.25, 0.3) is 5.91 Å². The van der Waals surface area contributed by atoms with Crippen LogP contribution in [-0.2, 0) is 13.0 Å². The van der Waals surface area contributed by atoms with E-state index in [1.165, 1.54) is 23.5 Å². The number of hydrogen-bond donors (Lipinski definition) is 3. The molecule has 1 aliphatic rings. The average molecular weight is 386 g/mol. The van der Waals surface area contributed by atoms with E-state index < -0.39 is 5.60 Å². The second-order valence-corrected chi connectivity index (χ2v) is 7.06. The molecule has 1 aromatic carbocycles. The Balaban J connectivity index is 1.44. The van der Waals surface area contributed by atoms with E-state index in [1.54, 1.807) is 4.90 Å². The van der Waals surface area contributed by atoms with Gasteiger partial charge in [-0.1, -0.05) is 35.5 Å². The maximum atomic E-state index is 12.3. The number of aromatic nitrogens is 3. The van der Waals surface area contributed by atoms with E-state index in [1.807, 2.05) is 30.3 Å². The predicted molar refractivity (Wildman–Crippen MR) is 103 cm³/mol. The normalized spacial score (nSPS) is 15.9. The minimum atomic E-state index is -0.978. The highest BCUT2D eigenvalue weighted by Crippen LogP contribution is 2.24. The summed E-state index contributed by atoms with van der Waals surface area (Å²) in [6.07, 6.45) is 3.17. The van der Waals surface area contributed by atoms with Crippen LogP contribution in [0.2, 0.25) is 0 Å². The minimum Gasteiger partial charge on any atom is -0.388 e. The first kappa shape index (κ1) is 19.8. The number of aliphatic hydroxyl groups is 1. The van der Waals surface area contributed by atoms with Gasteiger partial charge in [-0.05, 0) is 24.8 Å². The van der Waals surface area contributed by atoms with Crippen molar-refractivity contribution in [1.29, 1.82) is 0 Å². The zero-order valence-corrected chi connectivity index (χ0v) is 16.0. The fraction of sp³-hybridized carbons (Fsp3) is 0.474. The van der Waals surface area contributed by atoms with Gasteiger partial charge in [0, 0.05) is 26.7 Å². The number of carbonyl (C=O) groups is 2. The number of amides is 3. The minimum absolute atomic E-state index is 0.111. The van der Waals surface area contributed by atoms with Gasteiger partial charge in [0.1, 0.15) is 0 Å². The summed E-state index contributed by atoms with van der Waals surface area (Å²) >= 11 is 0. The van der Waals surface area contributed by atoms with Crippen molar-refractivity contribution in [3.63, 3.8) is 0 Å². The highest BCUT2D eigenvalue weighted by molar-refractivity contribution is 5.91. The number of hydrogen-bond acceptors (Lipinski definition) is 5. The highest BCUT2D eigenvalue weighted by atomic mass is 16.3. The predicted octanol–water partition coefficient (Wildman–Crippen LogP) is 0.417. The third kappa shape index (κ3) is 5.07. The molecule has 1 aromatic heterocycles. The highest BCUT2D eigenvalue weighted by Gasteiger charge is 2.34. The zero-order chi connectivity index (χ0) is 20.0. The summed E-state index contributed by atoms with van der Waals surface area (Å²) in [5.41, 5.74) is 0.412. The fourth-order valence-electron chi connectivity index (χ4n) is 3.26. The summed E-state index contributed by atoms with van der Waals surface area (Å²) in [6.45, 7) is 1.74. The van der Waals surface area contributed by atoms with Gasteiger partial charge in [-0.15, -0.1) is 5.10 Å². The molecule has 3 rings (SSSR count). The van der Waals surface area contributed by atoms with Crippen LogP contribution >= 0.6 is 0 Å². The maximum Gasteiger partial charge on any atom is 0.317 e. The molecule has 9 heteroatoms. The van der Waals surface area contributed by atoms with Crippen LogP contribution in [0.25, 0.3) is 0 Å². The van der Waals surface area contributed by atoms with Crippen LogP contribution < -0.4 is 10.6 Å². The number of urea groups is 1. The van der Waals surface area contributed by atoms with E-state index in [2.05, 4.69) is 20.9 Å². The van der Waals surface area contributed by atoms with E-state index in [0.717, 1.165) is 6.42 Å². The lowest BCUT2D eigenvalue weighted by Crippen LogP contribution is -2.51. The zero-order valence-electron chi connectivity index (χ0n) is 16.0. The van der Waals surface area contributed by atoms with Gasteiger partial charge in [0.05, 0.1) is 18.3 Å². The third-order valence-corrected chi connectivity index (χ3v) is 4.97. The molecule has 1 aliphatic heterocycles. The summed E-state index contributed by atoms with van der Waals surface area (Å²) in [6, 6.07) is 9.89. The Hall–Kier alpha value is -2.94. The summed E-state index contributed by atoms with van der Waals surface area (Å²) in [5.74, 6) is -0.319. The second kappa shape index (κ2) is 8.83. The molecule has 0 aliphatic carbocycles. The maximum absolute atomic E-state index is 12.3. The number of piperidine rings is 1. The molecule has 2 aromatic rings. The molecule has 3 amide bonds. The number of nitrogens with zero attached hydrogens (tertiary/aromatic N) is 4. The van der Waals surface area contributed by atoms with Gasteiger partial charge < -0.3 is 20.6 Å². The van der Waals surface area contributed by atoms with Crippen LogP contribution in [0.1, 0.15) is 28.9 Å². The van der Waals surface area contributed by atoms with Crippen molar-refractivity contribution in [3.8, 4) is 0 Å². The molecule has 0 atom stereocenters. The first-order valence-electron chi connectivity index (χ1n) is 9.40. The van der Waals surface area contributed by atoms with Gasteiger partial charge in [0.15, 0.2) is 5.69 Å². The van der Waals surface area contributed by atoms with Gasteiger partial charge in [-0.25, -0.2) is 9.48 Å². The lowest BCUT2D eigenvalue weighted by molar-refractivity contribution is -0.0285. The van der Waals surface area contributed by atoms with Crippen molar-refractivity contribution in [2.24, 2.45) is 0 Å². The molecule has 1 fully saturated rings. The summed E-state index contributed by atoms with van der Waals surface area (Å²) < 4.78 is 1.47. The molecule has 9 nitrogen and oxygen atoms in total. The van der Waals surface area contributed by atoms with E-state index in [-0.39, 0.29) is 24.2 Å². The third-order valence-electron chi connectivity index (χ3n) is 4.97. The molecule has 2 heterocycles. The number of likely N-dealkylation sites (tertiary alicyclic amines) is 1. The fourth-order valence-corrected chi connectivity index (χ4v) is 3.26. The summed E-state index contributed by atoms with van der Waals surface area (Å²) in [5, 5.41) is 23.9. The van der Waals surface area contributed by atoms with Gasteiger partial charge in [-0.2, -0.15) is 0 Å². The van der Waals surface area contributed by atoms with E-state index in [4.69, 9.17) is 0 Å². The van der Waals surface area contributed by atoms with Crippen molar-refractivity contribution in [2.75, 3.05) is 26.7 Å². The van der Waals surface area contributed by atoms with Crippen LogP contribution in [0.4, 0.5) is 4.79 Å². The SMILES string of the molecule is CNC(=O)c1cn(CC2(O)CCN(C(=O)NCCc3ccccc3)CC2)nn1. The number of carbonyl (C=O) groups excluding carboxylic acids is 2. The Labute approximate surface area is 163 Å². The van der Waals surface area contributed by atoms with E-state index in [0.29, 0.717) is 32.5 Å². The topological polar surface area (TPSA) is 112 Å². The number of benzene rings is 1. The van der Waals surface area contributed by atoms with Crippen molar-refractivity contribution >= 4 is 11.9 Å². The lowest BCUT2D eigenvalue weighted by atomic mass is 9.91. The summed E-state index contributed by atoms with van der Waals surface area (Å²) in [4.78, 5) is 25.6. The van der Waals surface area contributed by atoms with Gasteiger partial charge >= 0.3 is 6.03 Å². The van der Waals surface area contributed by atoms with Crippen molar-refractivity contribution in [2.45, 2.75) is 31.4 Å². The van der Waals surface area contributed by atoms with Crippen molar-refractivity contribution in [1.82, 2.24) is 30.5 Å². The molecular formula is C19H26N6O3. The molecule has 1 saturated heterocycles. The van der Waals surface area contributed by atoms with Gasteiger partial charge in [0.2, 0.25) is 0 Å². The Morgan fingerprint density at radius 3 is 2.61 bits per heavy atom. The summed E-state index contributed by atoms with van der Waals surface area (Å²) in [7, 11) is 1.52. The Bertz CT molecular complexity index is 799. The smallest absolute Gasteiger partial charge is 0.317 e. The Morgan fingerprint density at radius 1 is 1.21 bits per heavy atom. The molecule has 0 unspecified atom stereocenters. The molecule has 0 radical (unpaired) electrons. The quantitative estimate of drug-likeness (QED) is 0.666. The Morgan fingerprint density at radius 2 is 1.93 bits per heavy atom. The van der Waals surface area contributed by atoms with Crippen LogP contribution in [-0.4, -0.2) is 69.2 Å². The van der Waals surface area contributed by atoms with E-state index >= 15 is 0 Å². The largest absolute Gasteiger partial charge is 0.388 e. The van der Waals surface area contributed by atoms with Gasteiger partial charge in [-0.3, -0.25) is 4.79 Å². The molecule has 3 N–H and O–H groups in total. The van der Waals surface area contributed by atoms with Crippen molar-refractivity contribution < 1.29 is 14.7 Å². The second-order valence-electron chi connectivity index (χ2n) is 7.06.